The van der Waals surface area contributed by atoms with Gasteiger partial charge in [-0.25, -0.2) is 0 Å². The Morgan fingerprint density at radius 1 is 1.12 bits per heavy atom. The van der Waals surface area contributed by atoms with Crippen LogP contribution in [0.25, 0.3) is 0 Å². The van der Waals surface area contributed by atoms with E-state index in [-0.39, 0.29) is 5.41 Å². The fraction of sp³-hybridized carbons (Fsp3) is 0.692. The minimum Gasteiger partial charge on any atom is -0.373 e. The van der Waals surface area contributed by atoms with Crippen LogP contribution in [0.3, 0.4) is 0 Å². The zero-order valence-corrected chi connectivity index (χ0v) is 12.8. The molecule has 96 valence electrons. The van der Waals surface area contributed by atoms with Gasteiger partial charge in [-0.05, 0) is 24.8 Å². The van der Waals surface area contributed by atoms with Crippen LogP contribution in [0.15, 0.2) is 0 Å². The first-order valence-electron chi connectivity index (χ1n) is 6.05. The molecule has 0 amide bonds. The summed E-state index contributed by atoms with van der Waals surface area (Å²) in [5.41, 5.74) is 8.01. The van der Waals surface area contributed by atoms with Gasteiger partial charge in [-0.2, -0.15) is 0 Å². The maximum atomic E-state index is 5.51. The van der Waals surface area contributed by atoms with Crippen molar-refractivity contribution in [3.63, 3.8) is 0 Å². The molecule has 0 aromatic heterocycles. The SMILES string of the molecule is CN(CCCCN)c1c(C(C)(C)C)c(=S)c1=S. The van der Waals surface area contributed by atoms with Gasteiger partial charge in [0.25, 0.3) is 0 Å². The summed E-state index contributed by atoms with van der Waals surface area (Å²) in [6.45, 7) is 8.30. The van der Waals surface area contributed by atoms with Crippen molar-refractivity contribution in [1.82, 2.24) is 0 Å². The van der Waals surface area contributed by atoms with Gasteiger partial charge in [-0.15, -0.1) is 0 Å². The summed E-state index contributed by atoms with van der Waals surface area (Å²) in [4.78, 5) is 2.23. The average molecular weight is 270 g/mol. The minimum atomic E-state index is 0.0802. The number of hydrogen-bond donors (Lipinski definition) is 1. The lowest BCUT2D eigenvalue weighted by molar-refractivity contribution is 0.579. The Hall–Kier alpha value is -0.320. The number of unbranched alkanes of at least 4 members (excludes halogenated alkanes) is 1. The normalized spacial score (nSPS) is 12.1. The highest BCUT2D eigenvalue weighted by Crippen LogP contribution is 2.38. The largest absolute Gasteiger partial charge is 0.373 e. The predicted octanol–water partition coefficient (Wildman–Crippen LogP) is 3.49. The van der Waals surface area contributed by atoms with E-state index in [0.717, 1.165) is 35.0 Å². The molecule has 4 heteroatoms. The Bertz CT molecular complexity index is 450. The predicted molar refractivity (Wildman–Crippen MR) is 80.7 cm³/mol. The van der Waals surface area contributed by atoms with Crippen molar-refractivity contribution in [2.24, 2.45) is 5.73 Å². The van der Waals surface area contributed by atoms with E-state index in [1.807, 2.05) is 0 Å². The van der Waals surface area contributed by atoms with Crippen LogP contribution in [-0.4, -0.2) is 20.1 Å². The van der Waals surface area contributed by atoms with Crippen LogP contribution >= 0.6 is 24.4 Å². The second-order valence-corrected chi connectivity index (χ2v) is 6.37. The third-order valence-corrected chi connectivity index (χ3v) is 3.90. The molecule has 0 spiro atoms. The average Bonchev–Trinajstić information content (AvgIpc) is 2.22. The molecule has 1 aromatic rings. The van der Waals surface area contributed by atoms with Gasteiger partial charge in [0, 0.05) is 19.2 Å². The highest BCUT2D eigenvalue weighted by atomic mass is 32.1. The summed E-state index contributed by atoms with van der Waals surface area (Å²) in [5.74, 6) is 0. The molecule has 0 saturated carbocycles. The smallest absolute Gasteiger partial charge is 0.0798 e. The highest BCUT2D eigenvalue weighted by molar-refractivity contribution is 7.74. The molecule has 0 fully saturated rings. The summed E-state index contributed by atoms with van der Waals surface area (Å²) in [7, 11) is 2.09. The number of anilines is 1. The number of hydrogen-bond acceptors (Lipinski definition) is 4. The van der Waals surface area contributed by atoms with Gasteiger partial charge in [-0.1, -0.05) is 45.2 Å². The van der Waals surface area contributed by atoms with E-state index in [9.17, 15) is 0 Å². The quantitative estimate of drug-likeness (QED) is 0.655. The fourth-order valence-corrected chi connectivity index (χ4v) is 2.90. The monoisotopic (exact) mass is 270 g/mol. The second-order valence-electron chi connectivity index (χ2n) is 5.55. The molecule has 0 aliphatic rings. The van der Waals surface area contributed by atoms with Crippen LogP contribution in [0.1, 0.15) is 39.2 Å². The molecule has 0 bridgehead atoms. The fourth-order valence-electron chi connectivity index (χ4n) is 2.04. The van der Waals surface area contributed by atoms with Crippen LogP contribution < -0.4 is 10.6 Å². The molecule has 2 N–H and O–H groups in total. The summed E-state index contributed by atoms with van der Waals surface area (Å²) in [6, 6.07) is 0. The van der Waals surface area contributed by atoms with E-state index in [1.54, 1.807) is 0 Å². The second kappa shape index (κ2) is 5.55. The Morgan fingerprint density at radius 3 is 2.18 bits per heavy atom. The lowest BCUT2D eigenvalue weighted by Crippen LogP contribution is -2.27. The first kappa shape index (κ1) is 14.7. The van der Waals surface area contributed by atoms with Crippen LogP contribution in [0.5, 0.6) is 0 Å². The van der Waals surface area contributed by atoms with Crippen LogP contribution in [-0.2, 0) is 5.41 Å². The Labute approximate surface area is 115 Å². The van der Waals surface area contributed by atoms with Gasteiger partial charge in [0.1, 0.15) is 0 Å². The van der Waals surface area contributed by atoms with E-state index < -0.39 is 0 Å². The molecule has 0 unspecified atom stereocenters. The first-order valence-corrected chi connectivity index (χ1v) is 6.87. The number of rotatable bonds is 5. The molecule has 0 radical (unpaired) electrons. The Balaban J connectivity index is 2.88. The van der Waals surface area contributed by atoms with E-state index in [2.05, 4.69) is 32.7 Å². The third-order valence-electron chi connectivity index (χ3n) is 2.96. The maximum absolute atomic E-state index is 5.51. The van der Waals surface area contributed by atoms with Crippen LogP contribution in [0.2, 0.25) is 0 Å². The summed E-state index contributed by atoms with van der Waals surface area (Å²) in [5, 5.41) is 0. The molecular formula is C13H22N2S2. The molecule has 0 atom stereocenters. The molecule has 0 saturated heterocycles. The molecule has 0 heterocycles. The van der Waals surface area contributed by atoms with Crippen molar-refractivity contribution in [3.8, 4) is 0 Å². The summed E-state index contributed by atoms with van der Waals surface area (Å²) in [6.07, 6.45) is 2.16. The van der Waals surface area contributed by atoms with Gasteiger partial charge < -0.3 is 10.6 Å². The van der Waals surface area contributed by atoms with Crippen molar-refractivity contribution in [3.05, 3.63) is 14.6 Å². The number of nitrogens with two attached hydrogens (primary N) is 1. The van der Waals surface area contributed by atoms with Crippen molar-refractivity contribution in [2.45, 2.75) is 39.0 Å². The standard InChI is InChI=1S/C13H22N2S2/c1-13(2,3)9-10(12(17)11(9)16)15(4)8-6-5-7-14/h5-8,14H2,1-4H3. The topological polar surface area (TPSA) is 29.3 Å². The maximum Gasteiger partial charge on any atom is 0.0798 e. The van der Waals surface area contributed by atoms with Crippen molar-refractivity contribution >= 4 is 30.1 Å². The lowest BCUT2D eigenvalue weighted by atomic mass is 9.83. The van der Waals surface area contributed by atoms with Gasteiger partial charge in [0.05, 0.1) is 14.7 Å². The third kappa shape index (κ3) is 3.12. The summed E-state index contributed by atoms with van der Waals surface area (Å²) < 4.78 is 1.74. The van der Waals surface area contributed by atoms with Crippen molar-refractivity contribution in [2.75, 3.05) is 25.0 Å². The van der Waals surface area contributed by atoms with E-state index in [4.69, 9.17) is 30.2 Å². The first-order chi connectivity index (χ1) is 7.80. The lowest BCUT2D eigenvalue weighted by Gasteiger charge is -2.32. The molecule has 0 aliphatic heterocycles. The van der Waals surface area contributed by atoms with Crippen molar-refractivity contribution < 1.29 is 0 Å². The molecule has 0 aliphatic carbocycles. The van der Waals surface area contributed by atoms with Crippen LogP contribution in [0.4, 0.5) is 5.69 Å². The molecule has 1 rings (SSSR count). The van der Waals surface area contributed by atoms with Crippen molar-refractivity contribution in [1.29, 1.82) is 0 Å². The molecule has 1 aromatic carbocycles. The van der Waals surface area contributed by atoms with Gasteiger partial charge >= 0.3 is 0 Å². The molecule has 17 heavy (non-hydrogen) atoms. The summed E-state index contributed by atoms with van der Waals surface area (Å²) >= 11 is 10.7. The highest BCUT2D eigenvalue weighted by Gasteiger charge is 2.27. The van der Waals surface area contributed by atoms with Gasteiger partial charge in [-0.3, -0.25) is 0 Å². The number of nitrogens with zero attached hydrogens (tertiary/aromatic N) is 1. The van der Waals surface area contributed by atoms with Gasteiger partial charge in [0.15, 0.2) is 0 Å². The molecule has 2 nitrogen and oxygen atoms in total. The van der Waals surface area contributed by atoms with E-state index in [0.29, 0.717) is 0 Å². The van der Waals surface area contributed by atoms with E-state index in [1.165, 1.54) is 11.3 Å². The Morgan fingerprint density at radius 2 is 1.71 bits per heavy atom. The molecular weight excluding hydrogens is 248 g/mol. The van der Waals surface area contributed by atoms with E-state index >= 15 is 0 Å². The zero-order chi connectivity index (χ0) is 13.2. The van der Waals surface area contributed by atoms with Gasteiger partial charge in [0.2, 0.25) is 0 Å². The zero-order valence-electron chi connectivity index (χ0n) is 11.2. The minimum absolute atomic E-state index is 0.0802. The van der Waals surface area contributed by atoms with Crippen LogP contribution in [0, 0.1) is 9.02 Å². The Kier molecular flexibility index (Phi) is 4.81.